The summed E-state index contributed by atoms with van der Waals surface area (Å²) >= 11 is 6.70. The van der Waals surface area contributed by atoms with Crippen LogP contribution in [0.25, 0.3) is 22.5 Å². The zero-order valence-electron chi connectivity index (χ0n) is 19.3. The first-order chi connectivity index (χ1) is 15.8. The van der Waals surface area contributed by atoms with Gasteiger partial charge < -0.3 is 0 Å². The van der Waals surface area contributed by atoms with Crippen LogP contribution in [0, 0.1) is 0 Å². The lowest BCUT2D eigenvalue weighted by molar-refractivity contribution is 0.380. The van der Waals surface area contributed by atoms with Crippen LogP contribution in [0.5, 0.6) is 0 Å². The Balaban J connectivity index is 1.68. The van der Waals surface area contributed by atoms with E-state index in [1.165, 1.54) is 0 Å². The van der Waals surface area contributed by atoms with Crippen LogP contribution in [0.1, 0.15) is 51.9 Å². The minimum Gasteiger partial charge on any atom is -0.289 e. The number of aromatic amines is 1. The van der Waals surface area contributed by atoms with E-state index in [1.54, 1.807) is 9.13 Å². The molecule has 0 aliphatic rings. The highest BCUT2D eigenvalue weighted by Gasteiger charge is 2.26. The average Bonchev–Trinajstić information content (AvgIpc) is 3.40. The lowest BCUT2D eigenvalue weighted by atomic mass is 10.0. The molecule has 33 heavy (non-hydrogen) atoms. The summed E-state index contributed by atoms with van der Waals surface area (Å²) in [6, 6.07) is 11.8. The molecule has 1 aromatic carbocycles. The Morgan fingerprint density at radius 2 is 1.85 bits per heavy atom. The zero-order chi connectivity index (χ0) is 23.6. The van der Waals surface area contributed by atoms with Gasteiger partial charge in [0.1, 0.15) is 5.15 Å². The normalized spacial score (nSPS) is 11.8. The van der Waals surface area contributed by atoms with Crippen LogP contribution >= 0.6 is 11.6 Å². The largest absolute Gasteiger partial charge is 0.330 e. The van der Waals surface area contributed by atoms with Gasteiger partial charge in [0.2, 0.25) is 5.82 Å². The van der Waals surface area contributed by atoms with Crippen molar-refractivity contribution < 1.29 is 0 Å². The van der Waals surface area contributed by atoms with Crippen molar-refractivity contribution in [1.82, 2.24) is 34.7 Å². The number of nitrogens with zero attached hydrogens (tertiary/aromatic N) is 6. The Labute approximate surface area is 197 Å². The fraction of sp³-hybridized carbons (Fsp3) is 0.375. The third-order valence-electron chi connectivity index (χ3n) is 5.59. The van der Waals surface area contributed by atoms with Gasteiger partial charge in [-0.3, -0.25) is 14.1 Å². The summed E-state index contributed by atoms with van der Waals surface area (Å²) in [6.07, 6.45) is 4.56. The van der Waals surface area contributed by atoms with Gasteiger partial charge >= 0.3 is 5.69 Å². The van der Waals surface area contributed by atoms with Crippen LogP contribution in [0.15, 0.2) is 47.4 Å². The summed E-state index contributed by atoms with van der Waals surface area (Å²) in [5.74, 6) is 0.528. The number of nitrogens with one attached hydrogen (secondary N) is 1. The molecular weight excluding hydrogens is 438 g/mol. The van der Waals surface area contributed by atoms with Gasteiger partial charge in [-0.15, -0.1) is 10.2 Å². The van der Waals surface area contributed by atoms with Gasteiger partial charge in [0.25, 0.3) is 0 Å². The molecule has 0 saturated carbocycles. The van der Waals surface area contributed by atoms with Crippen molar-refractivity contribution in [2.24, 2.45) is 0 Å². The molecule has 0 atom stereocenters. The first kappa shape index (κ1) is 22.9. The molecule has 0 aliphatic heterocycles. The second kappa shape index (κ2) is 9.31. The number of halogens is 1. The van der Waals surface area contributed by atoms with Crippen LogP contribution in [-0.4, -0.2) is 34.7 Å². The van der Waals surface area contributed by atoms with Crippen molar-refractivity contribution in [1.29, 1.82) is 0 Å². The summed E-state index contributed by atoms with van der Waals surface area (Å²) < 4.78 is 3.44. The molecule has 0 unspecified atom stereocenters. The molecule has 3 aromatic heterocycles. The van der Waals surface area contributed by atoms with Gasteiger partial charge in [-0.05, 0) is 50.5 Å². The number of rotatable bonds is 7. The quantitative estimate of drug-likeness (QED) is 0.427. The fourth-order valence-electron chi connectivity index (χ4n) is 3.93. The van der Waals surface area contributed by atoms with Gasteiger partial charge in [0.15, 0.2) is 0 Å². The molecule has 172 valence electrons. The summed E-state index contributed by atoms with van der Waals surface area (Å²) in [5, 5.41) is 14.9. The number of benzene rings is 1. The number of pyridine rings is 1. The standard InChI is InChI=1S/C24H28ClN7O/c1-5-6-11-20-21(25)32(24(2,3)4)23(33)31(20)15-17-13-12-16(14-26-17)18-9-7-8-10-19(18)22-27-29-30-28-22/h7-10,12-14H,5-6,11,15H2,1-4H3,(H,27,28,29,30). The molecule has 0 spiro atoms. The van der Waals surface area contributed by atoms with Gasteiger partial charge in [-0.1, -0.05) is 55.3 Å². The Hall–Kier alpha value is -3.26. The Bertz CT molecular complexity index is 1280. The molecule has 3 heterocycles. The number of imidazole rings is 1. The van der Waals surface area contributed by atoms with Crippen LogP contribution in [0.2, 0.25) is 5.15 Å². The molecule has 4 rings (SSSR count). The van der Waals surface area contributed by atoms with Gasteiger partial charge in [0.05, 0.1) is 17.9 Å². The van der Waals surface area contributed by atoms with Crippen molar-refractivity contribution in [3.05, 3.63) is 69.6 Å². The van der Waals surface area contributed by atoms with E-state index in [2.05, 4.69) is 32.5 Å². The molecule has 0 aliphatic carbocycles. The molecule has 4 aromatic rings. The van der Waals surface area contributed by atoms with Crippen molar-refractivity contribution in [3.8, 4) is 22.5 Å². The molecule has 0 amide bonds. The summed E-state index contributed by atoms with van der Waals surface area (Å²) in [4.78, 5) is 17.9. The number of hydrogen-bond donors (Lipinski definition) is 1. The molecule has 1 N–H and O–H groups in total. The first-order valence-corrected chi connectivity index (χ1v) is 11.5. The summed E-state index contributed by atoms with van der Waals surface area (Å²) in [5.41, 5.74) is 3.91. The van der Waals surface area contributed by atoms with E-state index in [0.717, 1.165) is 47.3 Å². The topological polar surface area (TPSA) is 94.3 Å². The average molecular weight is 466 g/mol. The van der Waals surface area contributed by atoms with E-state index < -0.39 is 5.54 Å². The second-order valence-electron chi connectivity index (χ2n) is 9.04. The minimum absolute atomic E-state index is 0.105. The van der Waals surface area contributed by atoms with Crippen molar-refractivity contribution >= 4 is 11.6 Å². The Kier molecular flexibility index (Phi) is 6.47. The van der Waals surface area contributed by atoms with E-state index in [9.17, 15) is 4.79 Å². The molecule has 0 radical (unpaired) electrons. The number of H-pyrrole nitrogens is 1. The maximum Gasteiger partial charge on any atom is 0.330 e. The van der Waals surface area contributed by atoms with Crippen molar-refractivity contribution in [2.45, 2.75) is 59.0 Å². The highest BCUT2D eigenvalue weighted by molar-refractivity contribution is 6.30. The molecular formula is C24H28ClN7O. The highest BCUT2D eigenvalue weighted by atomic mass is 35.5. The second-order valence-corrected chi connectivity index (χ2v) is 9.39. The maximum absolute atomic E-state index is 13.3. The SMILES string of the molecule is CCCCc1c(Cl)n(C(C)(C)C)c(=O)n1Cc1ccc(-c2ccccc2-c2nn[nH]n2)cn1. The lowest BCUT2D eigenvalue weighted by Crippen LogP contribution is -2.35. The van der Waals surface area contributed by atoms with E-state index >= 15 is 0 Å². The van der Waals surface area contributed by atoms with Crippen LogP contribution in [0.3, 0.4) is 0 Å². The van der Waals surface area contributed by atoms with Gasteiger partial charge in [-0.2, -0.15) is 5.21 Å². The van der Waals surface area contributed by atoms with Crippen molar-refractivity contribution in [2.75, 3.05) is 0 Å². The highest BCUT2D eigenvalue weighted by Crippen LogP contribution is 2.29. The van der Waals surface area contributed by atoms with Crippen molar-refractivity contribution in [3.63, 3.8) is 0 Å². The van der Waals surface area contributed by atoms with Crippen LogP contribution < -0.4 is 5.69 Å². The van der Waals surface area contributed by atoms with E-state index in [0.29, 0.717) is 17.5 Å². The smallest absolute Gasteiger partial charge is 0.289 e. The maximum atomic E-state index is 13.3. The molecule has 0 bridgehead atoms. The predicted molar refractivity (Wildman–Crippen MR) is 129 cm³/mol. The number of unbranched alkanes of at least 4 members (excludes halogenated alkanes) is 1. The van der Waals surface area contributed by atoms with E-state index in [1.807, 2.05) is 63.4 Å². The van der Waals surface area contributed by atoms with E-state index in [-0.39, 0.29) is 5.69 Å². The Morgan fingerprint density at radius 3 is 2.45 bits per heavy atom. The summed E-state index contributed by atoms with van der Waals surface area (Å²) in [7, 11) is 0. The van der Waals surface area contributed by atoms with Gasteiger partial charge in [0, 0.05) is 22.9 Å². The molecule has 8 nitrogen and oxygen atoms in total. The van der Waals surface area contributed by atoms with Gasteiger partial charge in [-0.25, -0.2) is 4.79 Å². The molecule has 0 saturated heterocycles. The third-order valence-corrected chi connectivity index (χ3v) is 5.98. The molecule has 9 heteroatoms. The van der Waals surface area contributed by atoms with Crippen LogP contribution in [0.4, 0.5) is 0 Å². The summed E-state index contributed by atoms with van der Waals surface area (Å²) in [6.45, 7) is 8.46. The fourth-order valence-corrected chi connectivity index (χ4v) is 4.45. The van der Waals surface area contributed by atoms with E-state index in [4.69, 9.17) is 11.6 Å². The zero-order valence-corrected chi connectivity index (χ0v) is 20.1. The Morgan fingerprint density at radius 1 is 1.09 bits per heavy atom. The lowest BCUT2D eigenvalue weighted by Gasteiger charge is -2.20. The predicted octanol–water partition coefficient (Wildman–Crippen LogP) is 4.69. The number of aromatic nitrogens is 7. The number of tetrazole rings is 1. The number of hydrogen-bond acceptors (Lipinski definition) is 5. The monoisotopic (exact) mass is 465 g/mol. The first-order valence-electron chi connectivity index (χ1n) is 11.1. The minimum atomic E-state index is -0.406. The van der Waals surface area contributed by atoms with Crippen LogP contribution in [-0.2, 0) is 18.5 Å². The molecule has 0 fully saturated rings. The third kappa shape index (κ3) is 4.61.